The number of urea groups is 1. The van der Waals surface area contributed by atoms with Crippen LogP contribution in [0.15, 0.2) is 48.5 Å². The van der Waals surface area contributed by atoms with Crippen LogP contribution in [0.2, 0.25) is 0 Å². The number of hydrogen-bond acceptors (Lipinski definition) is 3. The van der Waals surface area contributed by atoms with E-state index in [0.29, 0.717) is 18.8 Å². The Morgan fingerprint density at radius 1 is 1.13 bits per heavy atom. The third-order valence-electron chi connectivity index (χ3n) is 5.13. The molecule has 1 aliphatic rings. The summed E-state index contributed by atoms with van der Waals surface area (Å²) in [6.45, 7) is 4.12. The number of benzene rings is 2. The van der Waals surface area contributed by atoms with Crippen molar-refractivity contribution in [1.29, 1.82) is 0 Å². The van der Waals surface area contributed by atoms with E-state index in [0.717, 1.165) is 30.6 Å². The first-order valence-corrected chi connectivity index (χ1v) is 10.3. The number of carbonyl (C=O) groups is 2. The van der Waals surface area contributed by atoms with Gasteiger partial charge in [0.2, 0.25) is 5.91 Å². The van der Waals surface area contributed by atoms with Crippen molar-refractivity contribution in [3.63, 3.8) is 0 Å². The molecule has 1 heterocycles. The Kier molecular flexibility index (Phi) is 7.65. The highest BCUT2D eigenvalue weighted by Crippen LogP contribution is 2.17. The smallest absolute Gasteiger partial charge is 0.319 e. The number of anilines is 1. The van der Waals surface area contributed by atoms with Gasteiger partial charge in [0.05, 0.1) is 13.0 Å². The third-order valence-corrected chi connectivity index (χ3v) is 5.13. The molecule has 1 unspecified atom stereocenters. The zero-order chi connectivity index (χ0) is 21.3. The molecule has 0 saturated carbocycles. The predicted molar refractivity (Wildman–Crippen MR) is 114 cm³/mol. The second-order valence-electron chi connectivity index (χ2n) is 7.60. The predicted octanol–water partition coefficient (Wildman–Crippen LogP) is 3.96. The fourth-order valence-electron chi connectivity index (χ4n) is 3.45. The lowest BCUT2D eigenvalue weighted by molar-refractivity contribution is -0.133. The molecule has 7 heteroatoms. The average Bonchev–Trinajstić information content (AvgIpc) is 2.75. The molecule has 1 fully saturated rings. The van der Waals surface area contributed by atoms with Gasteiger partial charge in [-0.1, -0.05) is 17.7 Å². The van der Waals surface area contributed by atoms with E-state index in [9.17, 15) is 14.0 Å². The summed E-state index contributed by atoms with van der Waals surface area (Å²) in [6.07, 6.45) is 2.16. The maximum Gasteiger partial charge on any atom is 0.319 e. The molecule has 0 spiro atoms. The van der Waals surface area contributed by atoms with Crippen molar-refractivity contribution >= 4 is 17.6 Å². The Morgan fingerprint density at radius 2 is 1.87 bits per heavy atom. The Labute approximate surface area is 176 Å². The largest absolute Gasteiger partial charge is 0.493 e. The number of aryl methyl sites for hydroxylation is 1. The van der Waals surface area contributed by atoms with E-state index in [1.165, 1.54) is 12.1 Å². The molecule has 3 rings (SSSR count). The summed E-state index contributed by atoms with van der Waals surface area (Å²) >= 11 is 0. The van der Waals surface area contributed by atoms with Crippen molar-refractivity contribution in [1.82, 2.24) is 10.2 Å². The van der Waals surface area contributed by atoms with Crippen LogP contribution in [0.5, 0.6) is 5.75 Å². The Balaban J connectivity index is 1.37. The molecule has 0 aromatic heterocycles. The highest BCUT2D eigenvalue weighted by molar-refractivity contribution is 5.89. The van der Waals surface area contributed by atoms with Gasteiger partial charge in [0.15, 0.2) is 0 Å². The first kappa shape index (κ1) is 21.6. The van der Waals surface area contributed by atoms with Gasteiger partial charge >= 0.3 is 6.03 Å². The lowest BCUT2D eigenvalue weighted by Gasteiger charge is -2.33. The molecule has 1 aliphatic heterocycles. The van der Waals surface area contributed by atoms with Crippen molar-refractivity contribution < 1.29 is 18.7 Å². The van der Waals surface area contributed by atoms with Gasteiger partial charge < -0.3 is 20.3 Å². The van der Waals surface area contributed by atoms with Crippen molar-refractivity contribution in [2.45, 2.75) is 26.2 Å². The number of hydrogen-bond donors (Lipinski definition) is 2. The van der Waals surface area contributed by atoms with Gasteiger partial charge in [-0.15, -0.1) is 0 Å². The zero-order valence-electron chi connectivity index (χ0n) is 17.2. The van der Waals surface area contributed by atoms with Crippen LogP contribution in [-0.2, 0) is 4.79 Å². The molecule has 160 valence electrons. The molecule has 1 saturated heterocycles. The highest BCUT2D eigenvalue weighted by Gasteiger charge is 2.23. The quantitative estimate of drug-likeness (QED) is 0.722. The first-order valence-electron chi connectivity index (χ1n) is 10.3. The van der Waals surface area contributed by atoms with Crippen LogP contribution < -0.4 is 15.4 Å². The summed E-state index contributed by atoms with van der Waals surface area (Å²) in [7, 11) is 0. The van der Waals surface area contributed by atoms with Gasteiger partial charge in [-0.3, -0.25) is 4.79 Å². The highest BCUT2D eigenvalue weighted by atomic mass is 19.1. The number of ether oxygens (including phenoxy) is 1. The molecule has 1 atom stereocenters. The number of likely N-dealkylation sites (tertiary alicyclic amines) is 1. The van der Waals surface area contributed by atoms with Gasteiger partial charge in [-0.25, -0.2) is 9.18 Å². The molecule has 3 amide bonds. The standard InChI is InChI=1S/C23H28FN3O3/c1-17-4-8-20(9-5-17)26-23(29)25-15-18-3-2-13-27(16-18)22(28)12-14-30-21-10-6-19(24)7-11-21/h4-11,18H,2-3,12-16H2,1H3,(H2,25,26,29). The summed E-state index contributed by atoms with van der Waals surface area (Å²) in [6, 6.07) is 13.1. The molecule has 2 aromatic rings. The van der Waals surface area contributed by atoms with E-state index in [4.69, 9.17) is 4.74 Å². The second-order valence-corrected chi connectivity index (χ2v) is 7.60. The Hall–Kier alpha value is -3.09. The van der Waals surface area contributed by atoms with Crippen molar-refractivity contribution in [2.24, 2.45) is 5.92 Å². The topological polar surface area (TPSA) is 70.7 Å². The summed E-state index contributed by atoms with van der Waals surface area (Å²) in [5, 5.41) is 5.72. The van der Waals surface area contributed by atoms with Gasteiger partial charge in [0.25, 0.3) is 0 Å². The first-order chi connectivity index (χ1) is 14.5. The molecule has 0 bridgehead atoms. The van der Waals surface area contributed by atoms with Gasteiger partial charge in [0.1, 0.15) is 11.6 Å². The van der Waals surface area contributed by atoms with Crippen LogP contribution in [0.3, 0.4) is 0 Å². The van der Waals surface area contributed by atoms with Crippen molar-refractivity contribution in [3.8, 4) is 5.75 Å². The summed E-state index contributed by atoms with van der Waals surface area (Å²) in [5.74, 6) is 0.485. The number of amides is 3. The van der Waals surface area contributed by atoms with Crippen molar-refractivity contribution in [2.75, 3.05) is 31.6 Å². The summed E-state index contributed by atoms with van der Waals surface area (Å²) < 4.78 is 18.4. The molecule has 2 N–H and O–H groups in total. The monoisotopic (exact) mass is 413 g/mol. The third kappa shape index (κ3) is 6.76. The van der Waals surface area contributed by atoms with Gasteiger partial charge in [0, 0.05) is 25.3 Å². The SMILES string of the molecule is Cc1ccc(NC(=O)NCC2CCCN(C(=O)CCOc3ccc(F)cc3)C2)cc1. The lowest BCUT2D eigenvalue weighted by Crippen LogP contribution is -2.44. The van der Waals surface area contributed by atoms with Crippen LogP contribution in [-0.4, -0.2) is 43.1 Å². The van der Waals surface area contributed by atoms with Crippen LogP contribution in [0.4, 0.5) is 14.9 Å². The molecule has 0 aliphatic carbocycles. The van der Waals surface area contributed by atoms with Crippen LogP contribution in [0, 0.1) is 18.7 Å². The summed E-state index contributed by atoms with van der Waals surface area (Å²) in [4.78, 5) is 26.4. The fourth-order valence-corrected chi connectivity index (χ4v) is 3.45. The van der Waals surface area contributed by atoms with Crippen LogP contribution >= 0.6 is 0 Å². The zero-order valence-corrected chi connectivity index (χ0v) is 17.2. The minimum atomic E-state index is -0.320. The number of rotatable bonds is 7. The molecule has 30 heavy (non-hydrogen) atoms. The van der Waals surface area contributed by atoms with Gasteiger partial charge in [-0.2, -0.15) is 0 Å². The van der Waals surface area contributed by atoms with Crippen LogP contribution in [0.1, 0.15) is 24.8 Å². The minimum absolute atomic E-state index is 0.0333. The van der Waals surface area contributed by atoms with Gasteiger partial charge in [-0.05, 0) is 62.1 Å². The average molecular weight is 413 g/mol. The second kappa shape index (κ2) is 10.6. The minimum Gasteiger partial charge on any atom is -0.493 e. The number of nitrogens with one attached hydrogen (secondary N) is 2. The number of nitrogens with zero attached hydrogens (tertiary/aromatic N) is 1. The van der Waals surface area contributed by atoms with Crippen molar-refractivity contribution in [3.05, 3.63) is 59.9 Å². The van der Waals surface area contributed by atoms with E-state index in [1.807, 2.05) is 36.1 Å². The normalized spacial score (nSPS) is 16.1. The molecular weight excluding hydrogens is 385 g/mol. The van der Waals surface area contributed by atoms with E-state index in [-0.39, 0.29) is 36.7 Å². The fraction of sp³-hybridized carbons (Fsp3) is 0.391. The molecular formula is C23H28FN3O3. The van der Waals surface area contributed by atoms with E-state index in [1.54, 1.807) is 12.1 Å². The number of halogens is 1. The maximum atomic E-state index is 12.9. The van der Waals surface area contributed by atoms with E-state index >= 15 is 0 Å². The van der Waals surface area contributed by atoms with E-state index < -0.39 is 0 Å². The Morgan fingerprint density at radius 3 is 2.60 bits per heavy atom. The Bertz CT molecular complexity index is 840. The molecule has 2 aromatic carbocycles. The lowest BCUT2D eigenvalue weighted by atomic mass is 9.98. The molecule has 6 nitrogen and oxygen atoms in total. The van der Waals surface area contributed by atoms with E-state index in [2.05, 4.69) is 10.6 Å². The van der Waals surface area contributed by atoms with Crippen LogP contribution in [0.25, 0.3) is 0 Å². The number of carbonyl (C=O) groups excluding carboxylic acids is 2. The number of piperidine rings is 1. The maximum absolute atomic E-state index is 12.9. The summed E-state index contributed by atoms with van der Waals surface area (Å²) in [5.41, 5.74) is 1.88. The molecule has 0 radical (unpaired) electrons.